The van der Waals surface area contributed by atoms with Gasteiger partial charge in [0.2, 0.25) is 0 Å². The van der Waals surface area contributed by atoms with E-state index in [0.717, 1.165) is 44.1 Å². The molecule has 0 radical (unpaired) electrons. The number of hydrogen-bond acceptors (Lipinski definition) is 6. The highest BCUT2D eigenvalue weighted by Gasteiger charge is 2.30. The van der Waals surface area contributed by atoms with Crippen LogP contribution in [0, 0.1) is 5.82 Å². The van der Waals surface area contributed by atoms with Crippen molar-refractivity contribution in [3.05, 3.63) is 63.9 Å². The number of nitrogens with zero attached hydrogens (tertiary/aromatic N) is 6. The van der Waals surface area contributed by atoms with E-state index in [4.69, 9.17) is 0 Å². The molecule has 142 valence electrons. The molecule has 27 heavy (non-hydrogen) atoms. The van der Waals surface area contributed by atoms with Gasteiger partial charge in [-0.1, -0.05) is 25.1 Å². The quantitative estimate of drug-likeness (QED) is 0.652. The molecule has 1 aliphatic rings. The molecule has 3 aromatic rings. The molecule has 8 heteroatoms. The number of likely N-dealkylation sites (N-methyl/N-ethyl adjacent to an activating group) is 1. The Labute approximate surface area is 162 Å². The summed E-state index contributed by atoms with van der Waals surface area (Å²) in [6.45, 7) is 7.79. The van der Waals surface area contributed by atoms with Gasteiger partial charge in [-0.05, 0) is 46.1 Å². The number of rotatable bonds is 6. The Morgan fingerprint density at radius 1 is 1.11 bits per heavy atom. The Kier molecular flexibility index (Phi) is 5.56. The minimum Gasteiger partial charge on any atom is -0.301 e. The summed E-state index contributed by atoms with van der Waals surface area (Å²) in [6, 6.07) is 10.7. The average molecular weight is 387 g/mol. The summed E-state index contributed by atoms with van der Waals surface area (Å²) in [5.41, 5.74) is 1.02. The van der Waals surface area contributed by atoms with E-state index in [9.17, 15) is 4.39 Å². The largest absolute Gasteiger partial charge is 0.301 e. The molecule has 0 aliphatic carbocycles. The van der Waals surface area contributed by atoms with E-state index in [1.807, 2.05) is 22.9 Å². The first kappa shape index (κ1) is 18.2. The third-order valence-electron chi connectivity index (χ3n) is 5.09. The smallest absolute Gasteiger partial charge is 0.173 e. The highest BCUT2D eigenvalue weighted by molar-refractivity contribution is 7.09. The zero-order chi connectivity index (χ0) is 18.6. The van der Waals surface area contributed by atoms with Gasteiger partial charge in [0.05, 0.1) is 12.6 Å². The van der Waals surface area contributed by atoms with Gasteiger partial charge in [0.25, 0.3) is 0 Å². The van der Waals surface area contributed by atoms with Gasteiger partial charge in [0.1, 0.15) is 5.82 Å². The van der Waals surface area contributed by atoms with Crippen molar-refractivity contribution in [1.82, 2.24) is 30.0 Å². The molecule has 4 rings (SSSR count). The molecule has 2 aromatic heterocycles. The van der Waals surface area contributed by atoms with Gasteiger partial charge in [-0.25, -0.2) is 9.07 Å². The molecule has 0 unspecified atom stereocenters. The fraction of sp³-hybridized carbons (Fsp3) is 0.421. The number of halogens is 1. The molecular weight excluding hydrogens is 363 g/mol. The number of hydrogen-bond donors (Lipinski definition) is 0. The molecular formula is C19H23FN6S. The van der Waals surface area contributed by atoms with E-state index in [1.165, 1.54) is 17.0 Å². The molecule has 1 fully saturated rings. The summed E-state index contributed by atoms with van der Waals surface area (Å²) in [7, 11) is 0. The fourth-order valence-corrected chi connectivity index (χ4v) is 4.26. The van der Waals surface area contributed by atoms with Crippen LogP contribution in [0.5, 0.6) is 0 Å². The highest BCUT2D eigenvalue weighted by atomic mass is 32.1. The second-order valence-corrected chi connectivity index (χ2v) is 7.73. The summed E-state index contributed by atoms with van der Waals surface area (Å²) < 4.78 is 15.4. The minimum absolute atomic E-state index is 0.0837. The van der Waals surface area contributed by atoms with E-state index in [2.05, 4.69) is 43.7 Å². The number of benzene rings is 1. The lowest BCUT2D eigenvalue weighted by molar-refractivity contribution is 0.108. The molecule has 3 heterocycles. The number of thiophene rings is 1. The van der Waals surface area contributed by atoms with E-state index in [0.29, 0.717) is 6.54 Å². The summed E-state index contributed by atoms with van der Waals surface area (Å²) >= 11 is 1.69. The van der Waals surface area contributed by atoms with Crippen LogP contribution < -0.4 is 0 Å². The molecule has 1 aliphatic heterocycles. The molecule has 0 N–H and O–H groups in total. The lowest BCUT2D eigenvalue weighted by Gasteiger charge is -2.38. The predicted molar refractivity (Wildman–Crippen MR) is 103 cm³/mol. The molecule has 1 saturated heterocycles. The molecule has 0 bridgehead atoms. The van der Waals surface area contributed by atoms with Crippen LogP contribution in [0.15, 0.2) is 41.8 Å². The second kappa shape index (κ2) is 8.24. The summed E-state index contributed by atoms with van der Waals surface area (Å²) in [6.07, 6.45) is 0. The zero-order valence-corrected chi connectivity index (χ0v) is 16.1. The van der Waals surface area contributed by atoms with Crippen molar-refractivity contribution < 1.29 is 4.39 Å². The molecule has 0 saturated carbocycles. The number of tetrazole rings is 1. The first-order valence-corrected chi connectivity index (χ1v) is 10.1. The van der Waals surface area contributed by atoms with Gasteiger partial charge in [0, 0.05) is 31.1 Å². The maximum absolute atomic E-state index is 13.5. The van der Waals surface area contributed by atoms with Crippen LogP contribution >= 0.6 is 11.3 Å². The van der Waals surface area contributed by atoms with Crippen molar-refractivity contribution in [2.45, 2.75) is 19.5 Å². The SMILES string of the molecule is CCN1CCN([C@H](c2ccc(F)cc2)c2nnnn2Cc2cccs2)CC1. The van der Waals surface area contributed by atoms with Crippen LogP contribution in [0.25, 0.3) is 0 Å². The lowest BCUT2D eigenvalue weighted by Crippen LogP contribution is -2.48. The van der Waals surface area contributed by atoms with Gasteiger partial charge < -0.3 is 4.90 Å². The van der Waals surface area contributed by atoms with Gasteiger partial charge >= 0.3 is 0 Å². The van der Waals surface area contributed by atoms with Crippen molar-refractivity contribution >= 4 is 11.3 Å². The Bertz CT molecular complexity index is 839. The van der Waals surface area contributed by atoms with E-state index in [-0.39, 0.29) is 11.9 Å². The fourth-order valence-electron chi connectivity index (χ4n) is 3.58. The highest BCUT2D eigenvalue weighted by Crippen LogP contribution is 2.28. The van der Waals surface area contributed by atoms with Crippen LogP contribution in [0.4, 0.5) is 4.39 Å². The van der Waals surface area contributed by atoms with Gasteiger partial charge in [-0.15, -0.1) is 16.4 Å². The van der Waals surface area contributed by atoms with Crippen LogP contribution in [0.1, 0.15) is 29.2 Å². The van der Waals surface area contributed by atoms with Gasteiger partial charge in [-0.3, -0.25) is 4.90 Å². The van der Waals surface area contributed by atoms with Crippen LogP contribution in [-0.2, 0) is 6.54 Å². The number of piperazine rings is 1. The van der Waals surface area contributed by atoms with Crippen molar-refractivity contribution in [3.8, 4) is 0 Å². The third kappa shape index (κ3) is 4.07. The van der Waals surface area contributed by atoms with Crippen molar-refractivity contribution in [2.75, 3.05) is 32.7 Å². The first-order chi connectivity index (χ1) is 13.2. The number of aromatic nitrogens is 4. The maximum atomic E-state index is 13.5. The molecule has 1 aromatic carbocycles. The Balaban J connectivity index is 1.66. The van der Waals surface area contributed by atoms with Crippen LogP contribution in [0.2, 0.25) is 0 Å². The Morgan fingerprint density at radius 3 is 2.56 bits per heavy atom. The van der Waals surface area contributed by atoms with Gasteiger partial charge in [-0.2, -0.15) is 0 Å². The normalized spacial score (nSPS) is 17.3. The van der Waals surface area contributed by atoms with Crippen LogP contribution in [0.3, 0.4) is 0 Å². The molecule has 0 spiro atoms. The lowest BCUT2D eigenvalue weighted by atomic mass is 10.0. The Morgan fingerprint density at radius 2 is 1.89 bits per heavy atom. The first-order valence-electron chi connectivity index (χ1n) is 9.25. The Hall–Kier alpha value is -2.16. The monoisotopic (exact) mass is 386 g/mol. The van der Waals surface area contributed by atoms with Gasteiger partial charge in [0.15, 0.2) is 5.82 Å². The minimum atomic E-state index is -0.230. The van der Waals surface area contributed by atoms with E-state index >= 15 is 0 Å². The topological polar surface area (TPSA) is 50.1 Å². The van der Waals surface area contributed by atoms with E-state index in [1.54, 1.807) is 11.3 Å². The third-order valence-corrected chi connectivity index (χ3v) is 5.96. The summed E-state index contributed by atoms with van der Waals surface area (Å²) in [5.74, 6) is 0.575. The molecule has 1 atom stereocenters. The average Bonchev–Trinajstić information content (AvgIpc) is 3.37. The molecule has 0 amide bonds. The van der Waals surface area contributed by atoms with Crippen molar-refractivity contribution in [2.24, 2.45) is 0 Å². The van der Waals surface area contributed by atoms with Crippen molar-refractivity contribution in [3.63, 3.8) is 0 Å². The standard InChI is InChI=1S/C19H23FN6S/c1-2-24-9-11-25(12-10-24)18(15-5-7-16(20)8-6-15)19-21-22-23-26(19)14-17-4-3-13-27-17/h3-8,13,18H,2,9-12,14H2,1H3/t18-/m1/s1. The second-order valence-electron chi connectivity index (χ2n) is 6.70. The van der Waals surface area contributed by atoms with Crippen LogP contribution in [-0.4, -0.2) is 62.7 Å². The summed E-state index contributed by atoms with van der Waals surface area (Å²) in [5, 5.41) is 14.6. The summed E-state index contributed by atoms with van der Waals surface area (Å²) in [4.78, 5) is 6.04. The zero-order valence-electron chi connectivity index (χ0n) is 15.3. The maximum Gasteiger partial charge on any atom is 0.173 e. The predicted octanol–water partition coefficient (Wildman–Crippen LogP) is 2.65. The van der Waals surface area contributed by atoms with E-state index < -0.39 is 0 Å². The molecule has 6 nitrogen and oxygen atoms in total. The van der Waals surface area contributed by atoms with Crippen molar-refractivity contribution in [1.29, 1.82) is 0 Å².